The van der Waals surface area contributed by atoms with Crippen LogP contribution in [0.15, 0.2) is 32.9 Å². The van der Waals surface area contributed by atoms with Crippen LogP contribution in [0.2, 0.25) is 0 Å². The molecule has 1 aromatic carbocycles. The van der Waals surface area contributed by atoms with Crippen molar-refractivity contribution in [1.82, 2.24) is 10.2 Å². The van der Waals surface area contributed by atoms with Gasteiger partial charge in [0.25, 0.3) is 5.69 Å². The molecular formula is C14H17N3O2S3. The van der Waals surface area contributed by atoms with Crippen LogP contribution >= 0.6 is 34.9 Å². The minimum absolute atomic E-state index is 0.0933. The molecule has 0 spiro atoms. The minimum atomic E-state index is -0.369. The molecule has 8 heteroatoms. The van der Waals surface area contributed by atoms with Crippen molar-refractivity contribution in [2.24, 2.45) is 5.92 Å². The third kappa shape index (κ3) is 4.96. The van der Waals surface area contributed by atoms with E-state index in [0.717, 1.165) is 20.0 Å². The molecule has 118 valence electrons. The van der Waals surface area contributed by atoms with E-state index in [4.69, 9.17) is 0 Å². The van der Waals surface area contributed by atoms with Crippen LogP contribution < -0.4 is 0 Å². The van der Waals surface area contributed by atoms with E-state index in [1.54, 1.807) is 47.0 Å². The van der Waals surface area contributed by atoms with Gasteiger partial charge in [-0.2, -0.15) is 0 Å². The zero-order valence-corrected chi connectivity index (χ0v) is 15.0. The van der Waals surface area contributed by atoms with E-state index in [9.17, 15) is 10.1 Å². The lowest BCUT2D eigenvalue weighted by molar-refractivity contribution is -0.384. The lowest BCUT2D eigenvalue weighted by Gasteiger charge is -2.08. The van der Waals surface area contributed by atoms with Gasteiger partial charge in [-0.25, -0.2) is 0 Å². The first-order valence-corrected chi connectivity index (χ1v) is 9.51. The van der Waals surface area contributed by atoms with Crippen molar-refractivity contribution in [3.63, 3.8) is 0 Å². The van der Waals surface area contributed by atoms with E-state index >= 15 is 0 Å². The Hall–Kier alpha value is -1.12. The zero-order chi connectivity index (χ0) is 16.1. The predicted molar refractivity (Wildman–Crippen MR) is 92.8 cm³/mol. The van der Waals surface area contributed by atoms with Crippen molar-refractivity contribution in [2.75, 3.05) is 5.75 Å². The number of hydrogen-bond donors (Lipinski definition) is 0. The minimum Gasteiger partial charge on any atom is -0.258 e. The number of benzene rings is 1. The second-order valence-electron chi connectivity index (χ2n) is 5.15. The van der Waals surface area contributed by atoms with Gasteiger partial charge in [0.1, 0.15) is 0 Å². The van der Waals surface area contributed by atoms with Gasteiger partial charge in [-0.3, -0.25) is 10.1 Å². The molecule has 0 aliphatic carbocycles. The van der Waals surface area contributed by atoms with E-state index in [0.29, 0.717) is 5.92 Å². The first-order chi connectivity index (χ1) is 10.5. The first-order valence-electron chi connectivity index (χ1n) is 6.83. The summed E-state index contributed by atoms with van der Waals surface area (Å²) in [4.78, 5) is 10.5. The summed E-state index contributed by atoms with van der Waals surface area (Å²) in [7, 11) is 0. The molecule has 0 N–H and O–H groups in total. The van der Waals surface area contributed by atoms with Gasteiger partial charge in [-0.1, -0.05) is 60.8 Å². The second kappa shape index (κ2) is 7.94. The number of hydrogen-bond acceptors (Lipinski definition) is 7. The number of nitrogens with zero attached hydrogens (tertiary/aromatic N) is 3. The molecule has 0 unspecified atom stereocenters. The number of non-ortho nitro benzene ring substituents is 1. The van der Waals surface area contributed by atoms with Crippen LogP contribution in [-0.2, 0) is 0 Å². The Balaban J connectivity index is 2.01. The lowest BCUT2D eigenvalue weighted by Crippen LogP contribution is -1.92. The zero-order valence-electron chi connectivity index (χ0n) is 12.6. The molecule has 0 radical (unpaired) electrons. The van der Waals surface area contributed by atoms with Crippen molar-refractivity contribution < 1.29 is 4.92 Å². The van der Waals surface area contributed by atoms with Gasteiger partial charge in [-0.05, 0) is 18.4 Å². The number of aromatic nitrogens is 2. The molecule has 2 aromatic rings. The van der Waals surface area contributed by atoms with Crippen LogP contribution in [0.1, 0.15) is 31.6 Å². The average Bonchev–Trinajstić information content (AvgIpc) is 2.92. The lowest BCUT2D eigenvalue weighted by atomic mass is 10.1. The van der Waals surface area contributed by atoms with Crippen LogP contribution in [0.25, 0.3) is 0 Å². The summed E-state index contributed by atoms with van der Waals surface area (Å²) < 4.78 is 1.87. The Morgan fingerprint density at radius 1 is 1.27 bits per heavy atom. The molecule has 2 rings (SSSR count). The molecule has 5 nitrogen and oxygen atoms in total. The van der Waals surface area contributed by atoms with Gasteiger partial charge >= 0.3 is 0 Å². The van der Waals surface area contributed by atoms with Crippen molar-refractivity contribution in [2.45, 2.75) is 34.7 Å². The van der Waals surface area contributed by atoms with Crippen molar-refractivity contribution in [1.29, 1.82) is 0 Å². The molecule has 0 aliphatic heterocycles. The second-order valence-corrected chi connectivity index (χ2v) is 8.98. The largest absolute Gasteiger partial charge is 0.269 e. The van der Waals surface area contributed by atoms with Crippen LogP contribution in [0.3, 0.4) is 0 Å². The van der Waals surface area contributed by atoms with Crippen molar-refractivity contribution in [3.8, 4) is 0 Å². The Labute approximate surface area is 142 Å². The number of thioether (sulfide) groups is 2. The molecule has 0 fully saturated rings. The molecule has 0 amide bonds. The third-order valence-corrected chi connectivity index (χ3v) is 6.48. The molecule has 0 saturated heterocycles. The number of nitro benzene ring substituents is 1. The molecule has 0 saturated carbocycles. The predicted octanol–water partition coefficient (Wildman–Crippen LogP) is 5.05. The standard InChI is InChI=1S/C14H17N3O2S3/c1-9(2)8-20-13-15-16-14(22-13)21-10(3)11-5-4-6-12(7-11)17(18)19/h4-7,9-10H,8H2,1-3H3/t10-/m1/s1. The fourth-order valence-electron chi connectivity index (χ4n) is 1.65. The quantitative estimate of drug-likeness (QED) is 0.393. The summed E-state index contributed by atoms with van der Waals surface area (Å²) in [5, 5.41) is 19.3. The summed E-state index contributed by atoms with van der Waals surface area (Å²) in [6.45, 7) is 6.37. The van der Waals surface area contributed by atoms with Gasteiger partial charge in [-0.15, -0.1) is 10.2 Å². The van der Waals surface area contributed by atoms with Gasteiger partial charge in [0, 0.05) is 23.1 Å². The van der Waals surface area contributed by atoms with E-state index < -0.39 is 0 Å². The maximum atomic E-state index is 10.8. The highest BCUT2D eigenvalue weighted by Gasteiger charge is 2.15. The van der Waals surface area contributed by atoms with Crippen molar-refractivity contribution in [3.05, 3.63) is 39.9 Å². The maximum absolute atomic E-state index is 10.8. The normalized spacial score (nSPS) is 12.5. The Kier molecular flexibility index (Phi) is 6.22. The van der Waals surface area contributed by atoms with Gasteiger partial charge in [0.2, 0.25) is 0 Å². The van der Waals surface area contributed by atoms with Gasteiger partial charge in [0.15, 0.2) is 8.68 Å². The Bertz CT molecular complexity index is 646. The summed E-state index contributed by atoms with van der Waals surface area (Å²) in [6, 6.07) is 6.74. The van der Waals surface area contributed by atoms with E-state index in [1.165, 1.54) is 6.07 Å². The van der Waals surface area contributed by atoms with Crippen LogP contribution in [-0.4, -0.2) is 20.9 Å². The van der Waals surface area contributed by atoms with Crippen molar-refractivity contribution >= 4 is 40.5 Å². The summed E-state index contributed by atoms with van der Waals surface area (Å²) in [6.07, 6.45) is 0. The number of nitro groups is 1. The number of rotatable bonds is 7. The van der Waals surface area contributed by atoms with Crippen LogP contribution in [0.5, 0.6) is 0 Å². The molecule has 1 heterocycles. The SMILES string of the molecule is CC(C)CSc1nnc(S[C@H](C)c2cccc([N+](=O)[O-])c2)s1. The fourth-order valence-corrected chi connectivity index (χ4v) is 4.91. The monoisotopic (exact) mass is 355 g/mol. The molecular weight excluding hydrogens is 338 g/mol. The van der Waals surface area contributed by atoms with E-state index in [2.05, 4.69) is 24.0 Å². The van der Waals surface area contributed by atoms with Gasteiger partial charge < -0.3 is 0 Å². The molecule has 22 heavy (non-hydrogen) atoms. The highest BCUT2D eigenvalue weighted by atomic mass is 32.2. The molecule has 1 atom stereocenters. The first kappa shape index (κ1) is 17.2. The summed E-state index contributed by atoms with van der Waals surface area (Å²) in [5.41, 5.74) is 1.04. The molecule has 0 bridgehead atoms. The Morgan fingerprint density at radius 3 is 2.68 bits per heavy atom. The van der Waals surface area contributed by atoms with E-state index in [-0.39, 0.29) is 15.9 Å². The van der Waals surface area contributed by atoms with Gasteiger partial charge in [0.05, 0.1) is 4.92 Å². The average molecular weight is 356 g/mol. The van der Waals surface area contributed by atoms with Crippen LogP contribution in [0, 0.1) is 16.0 Å². The Morgan fingerprint density at radius 2 is 2.00 bits per heavy atom. The van der Waals surface area contributed by atoms with Crippen LogP contribution in [0.4, 0.5) is 5.69 Å². The highest BCUT2D eigenvalue weighted by Crippen LogP contribution is 2.39. The smallest absolute Gasteiger partial charge is 0.258 e. The molecule has 0 aliphatic rings. The summed E-state index contributed by atoms with van der Waals surface area (Å²) in [5.74, 6) is 1.65. The highest BCUT2D eigenvalue weighted by molar-refractivity contribution is 8.03. The fraction of sp³-hybridized carbons (Fsp3) is 0.429. The summed E-state index contributed by atoms with van der Waals surface area (Å²) >= 11 is 4.88. The topological polar surface area (TPSA) is 68.9 Å². The maximum Gasteiger partial charge on any atom is 0.269 e. The third-order valence-electron chi connectivity index (χ3n) is 2.76. The van der Waals surface area contributed by atoms with E-state index in [1.807, 2.05) is 13.0 Å². The molecule has 1 aromatic heterocycles.